The lowest BCUT2D eigenvalue weighted by atomic mass is 9.93. The first-order valence-corrected chi connectivity index (χ1v) is 9.84. The first-order chi connectivity index (χ1) is 13.8. The van der Waals surface area contributed by atoms with Gasteiger partial charge in [0.2, 0.25) is 0 Å². The van der Waals surface area contributed by atoms with E-state index in [4.69, 9.17) is 4.74 Å². The number of nitriles is 1. The van der Waals surface area contributed by atoms with Gasteiger partial charge in [-0.1, -0.05) is 48.5 Å². The molecule has 4 heteroatoms. The summed E-state index contributed by atoms with van der Waals surface area (Å²) in [7, 11) is 0. The normalized spacial score (nSPS) is 11.6. The molecule has 1 unspecified atom stereocenters. The van der Waals surface area contributed by atoms with Gasteiger partial charge in [-0.25, -0.2) is 0 Å². The summed E-state index contributed by atoms with van der Waals surface area (Å²) in [5, 5.41) is 9.63. The quantitative estimate of drug-likeness (QED) is 0.415. The van der Waals surface area contributed by atoms with Crippen molar-refractivity contribution in [2.24, 2.45) is 0 Å². The molecule has 3 aromatic carbocycles. The molecule has 0 saturated heterocycles. The van der Waals surface area contributed by atoms with Crippen LogP contribution in [0.1, 0.15) is 27.7 Å². The predicted octanol–water partition coefficient (Wildman–Crippen LogP) is 6.16. The Kier molecular flexibility index (Phi) is 5.18. The van der Waals surface area contributed by atoms with Crippen LogP contribution in [0.4, 0.5) is 0 Å². The van der Waals surface area contributed by atoms with Gasteiger partial charge in [0.25, 0.3) is 0 Å². The number of hydrogen-bond acceptors (Lipinski definition) is 4. The maximum absolute atomic E-state index is 9.63. The van der Waals surface area contributed by atoms with Gasteiger partial charge < -0.3 is 4.74 Å². The summed E-state index contributed by atoms with van der Waals surface area (Å²) >= 11 is 1.56. The van der Waals surface area contributed by atoms with Crippen LogP contribution in [0.3, 0.4) is 0 Å². The molecule has 0 radical (unpaired) electrons. The van der Waals surface area contributed by atoms with E-state index in [0.717, 1.165) is 32.9 Å². The summed E-state index contributed by atoms with van der Waals surface area (Å²) in [5.74, 6) is 0.794. The molecular weight excluding hydrogens is 364 g/mol. The van der Waals surface area contributed by atoms with Crippen molar-refractivity contribution in [2.75, 3.05) is 0 Å². The third kappa shape index (κ3) is 3.66. The summed E-state index contributed by atoms with van der Waals surface area (Å²) in [6, 6.07) is 26.1. The Morgan fingerprint density at radius 2 is 1.75 bits per heavy atom. The summed E-state index contributed by atoms with van der Waals surface area (Å²) in [6.45, 7) is 2.06. The highest BCUT2D eigenvalue weighted by atomic mass is 32.1. The van der Waals surface area contributed by atoms with Crippen LogP contribution in [0.15, 0.2) is 84.5 Å². The van der Waals surface area contributed by atoms with Gasteiger partial charge in [0.15, 0.2) is 6.10 Å². The lowest BCUT2D eigenvalue weighted by molar-refractivity contribution is 0.251. The van der Waals surface area contributed by atoms with Gasteiger partial charge in [-0.3, -0.25) is 4.98 Å². The highest BCUT2D eigenvalue weighted by molar-refractivity contribution is 7.09. The molecule has 0 spiro atoms. The molecule has 1 heterocycles. The smallest absolute Gasteiger partial charge is 0.160 e. The Balaban J connectivity index is 1.82. The minimum absolute atomic E-state index is 0.287. The van der Waals surface area contributed by atoms with Gasteiger partial charge in [0.1, 0.15) is 5.75 Å². The molecular formula is C24H18N2OS. The molecule has 3 nitrogen and oxygen atoms in total. The number of aromatic nitrogens is 1. The van der Waals surface area contributed by atoms with E-state index < -0.39 is 0 Å². The standard InChI is InChI=1S/C24H18N2OS/c1-17-7-5-6-10-21(17)22-13-18(11-12-19(22)14-25)24(23-15-26-16-28-23)27-20-8-3-2-4-9-20/h2-13,15-16,24H,1H3. The van der Waals surface area contributed by atoms with Gasteiger partial charge in [0, 0.05) is 11.8 Å². The Morgan fingerprint density at radius 3 is 2.46 bits per heavy atom. The van der Waals surface area contributed by atoms with Crippen LogP contribution in [0.25, 0.3) is 11.1 Å². The minimum atomic E-state index is -0.287. The second-order valence-corrected chi connectivity index (χ2v) is 7.36. The number of benzene rings is 3. The van der Waals surface area contributed by atoms with Crippen LogP contribution in [0, 0.1) is 18.3 Å². The van der Waals surface area contributed by atoms with Crippen molar-refractivity contribution in [1.29, 1.82) is 5.26 Å². The maximum Gasteiger partial charge on any atom is 0.160 e. The molecule has 4 rings (SSSR count). The predicted molar refractivity (Wildman–Crippen MR) is 112 cm³/mol. The van der Waals surface area contributed by atoms with Crippen molar-refractivity contribution in [3.63, 3.8) is 0 Å². The van der Waals surface area contributed by atoms with Crippen molar-refractivity contribution in [3.8, 4) is 22.9 Å². The zero-order valence-corrected chi connectivity index (χ0v) is 16.2. The summed E-state index contributed by atoms with van der Waals surface area (Å²) in [4.78, 5) is 5.24. The number of ether oxygens (including phenoxy) is 1. The van der Waals surface area contributed by atoms with Gasteiger partial charge in [-0.05, 0) is 47.9 Å². The zero-order chi connectivity index (χ0) is 19.3. The Labute approximate surface area is 168 Å². The average molecular weight is 382 g/mol. The monoisotopic (exact) mass is 382 g/mol. The summed E-state index contributed by atoms with van der Waals surface area (Å²) < 4.78 is 6.33. The van der Waals surface area contributed by atoms with Gasteiger partial charge in [-0.15, -0.1) is 11.3 Å². The molecule has 28 heavy (non-hydrogen) atoms. The van der Waals surface area contributed by atoms with E-state index in [1.54, 1.807) is 11.3 Å². The van der Waals surface area contributed by atoms with E-state index in [1.807, 2.05) is 66.3 Å². The summed E-state index contributed by atoms with van der Waals surface area (Å²) in [6.07, 6.45) is 1.55. The number of rotatable bonds is 5. The highest BCUT2D eigenvalue weighted by Crippen LogP contribution is 2.35. The number of aryl methyl sites for hydroxylation is 1. The SMILES string of the molecule is Cc1ccccc1-c1cc(C(Oc2ccccc2)c2cncs2)ccc1C#N. The van der Waals surface area contributed by atoms with Gasteiger partial charge in [-0.2, -0.15) is 5.26 Å². The van der Waals surface area contributed by atoms with E-state index >= 15 is 0 Å². The lowest BCUT2D eigenvalue weighted by Gasteiger charge is -2.20. The fraction of sp³-hybridized carbons (Fsp3) is 0.0833. The second kappa shape index (κ2) is 8.08. The first-order valence-electron chi connectivity index (χ1n) is 8.96. The molecule has 1 aromatic heterocycles. The van der Waals surface area contributed by atoms with Crippen LogP contribution in [0.2, 0.25) is 0 Å². The Morgan fingerprint density at radius 1 is 0.964 bits per heavy atom. The van der Waals surface area contributed by atoms with Crippen LogP contribution >= 0.6 is 11.3 Å². The molecule has 0 aliphatic rings. The molecule has 1 atom stereocenters. The molecule has 0 amide bonds. The van der Waals surface area contributed by atoms with Crippen molar-refractivity contribution in [1.82, 2.24) is 4.98 Å². The zero-order valence-electron chi connectivity index (χ0n) is 15.4. The number of nitrogens with zero attached hydrogens (tertiary/aromatic N) is 2. The fourth-order valence-electron chi connectivity index (χ4n) is 3.20. The molecule has 4 aromatic rings. The molecule has 0 fully saturated rings. The third-order valence-corrected chi connectivity index (χ3v) is 5.43. The maximum atomic E-state index is 9.63. The van der Waals surface area contributed by atoms with E-state index in [-0.39, 0.29) is 6.10 Å². The van der Waals surface area contributed by atoms with Crippen molar-refractivity contribution in [2.45, 2.75) is 13.0 Å². The Bertz CT molecular complexity index is 1120. The van der Waals surface area contributed by atoms with Gasteiger partial charge >= 0.3 is 0 Å². The number of para-hydroxylation sites is 1. The van der Waals surface area contributed by atoms with Crippen LogP contribution in [-0.4, -0.2) is 4.98 Å². The van der Waals surface area contributed by atoms with E-state index in [0.29, 0.717) is 5.56 Å². The number of hydrogen-bond donors (Lipinski definition) is 0. The van der Waals surface area contributed by atoms with Gasteiger partial charge in [0.05, 0.1) is 22.0 Å². The topological polar surface area (TPSA) is 45.9 Å². The highest BCUT2D eigenvalue weighted by Gasteiger charge is 2.20. The van der Waals surface area contributed by atoms with E-state index in [2.05, 4.69) is 36.2 Å². The van der Waals surface area contributed by atoms with Crippen molar-refractivity contribution < 1.29 is 4.74 Å². The molecule has 0 saturated carbocycles. The average Bonchev–Trinajstić information content (AvgIpc) is 3.27. The molecule has 0 N–H and O–H groups in total. The number of thiazole rings is 1. The lowest BCUT2D eigenvalue weighted by Crippen LogP contribution is -2.08. The van der Waals surface area contributed by atoms with E-state index in [9.17, 15) is 5.26 Å². The summed E-state index contributed by atoms with van der Waals surface area (Å²) in [5.41, 5.74) is 6.57. The minimum Gasteiger partial charge on any atom is -0.480 e. The largest absolute Gasteiger partial charge is 0.480 e. The molecule has 0 aliphatic carbocycles. The third-order valence-electron chi connectivity index (χ3n) is 4.61. The fourth-order valence-corrected chi connectivity index (χ4v) is 3.87. The Hall–Kier alpha value is -3.42. The first kappa shape index (κ1) is 18.0. The van der Waals surface area contributed by atoms with Crippen LogP contribution in [-0.2, 0) is 0 Å². The second-order valence-electron chi connectivity index (χ2n) is 6.45. The molecule has 0 aliphatic heterocycles. The van der Waals surface area contributed by atoms with Crippen molar-refractivity contribution in [3.05, 3.63) is 106 Å². The van der Waals surface area contributed by atoms with E-state index in [1.165, 1.54) is 0 Å². The van der Waals surface area contributed by atoms with Crippen molar-refractivity contribution >= 4 is 11.3 Å². The van der Waals surface area contributed by atoms with Crippen LogP contribution in [0.5, 0.6) is 5.75 Å². The molecule has 136 valence electrons. The molecule has 0 bridgehead atoms. The van der Waals surface area contributed by atoms with Crippen LogP contribution < -0.4 is 4.74 Å².